The van der Waals surface area contributed by atoms with Gasteiger partial charge >= 0.3 is 0 Å². The minimum absolute atomic E-state index is 0.0670. The van der Waals surface area contributed by atoms with E-state index in [1.54, 1.807) is 0 Å². The molecule has 120 valence electrons. The lowest BCUT2D eigenvalue weighted by atomic mass is 10.2. The Balaban J connectivity index is 1.54. The summed E-state index contributed by atoms with van der Waals surface area (Å²) in [7, 11) is 0. The van der Waals surface area contributed by atoms with Crippen molar-refractivity contribution in [2.24, 2.45) is 0 Å². The quantitative estimate of drug-likeness (QED) is 0.840. The van der Waals surface area contributed by atoms with Gasteiger partial charge in [-0.05, 0) is 42.8 Å². The molecular formula is C17H17BrN2O3. The Hall–Kier alpha value is -2.21. The van der Waals surface area contributed by atoms with Gasteiger partial charge in [0.25, 0.3) is 0 Å². The zero-order valence-electron chi connectivity index (χ0n) is 12.6. The van der Waals surface area contributed by atoms with Crippen molar-refractivity contribution < 1.29 is 14.3 Å². The van der Waals surface area contributed by atoms with Crippen LogP contribution >= 0.6 is 15.9 Å². The number of amides is 1. The van der Waals surface area contributed by atoms with Crippen molar-refractivity contribution in [2.45, 2.75) is 19.5 Å². The van der Waals surface area contributed by atoms with Crippen molar-refractivity contribution in [3.63, 3.8) is 0 Å². The third-order valence-corrected chi connectivity index (χ3v) is 4.00. The molecule has 0 fully saturated rings. The van der Waals surface area contributed by atoms with Crippen LogP contribution in [0.3, 0.4) is 0 Å². The molecule has 0 aromatic heterocycles. The minimum Gasteiger partial charge on any atom is -0.454 e. The number of anilines is 1. The van der Waals surface area contributed by atoms with E-state index in [1.807, 2.05) is 49.4 Å². The van der Waals surface area contributed by atoms with Crippen LogP contribution in [0.4, 0.5) is 5.69 Å². The van der Waals surface area contributed by atoms with Crippen LogP contribution < -0.4 is 20.1 Å². The minimum atomic E-state index is -0.335. The number of hydrogen-bond donors (Lipinski definition) is 2. The summed E-state index contributed by atoms with van der Waals surface area (Å²) < 4.78 is 11.6. The molecule has 2 aromatic carbocycles. The maximum Gasteiger partial charge on any atom is 0.242 e. The second-order valence-corrected chi connectivity index (χ2v) is 6.20. The molecule has 0 radical (unpaired) electrons. The van der Waals surface area contributed by atoms with Gasteiger partial charge in [0.15, 0.2) is 11.5 Å². The Labute approximate surface area is 143 Å². The SMILES string of the molecule is C[C@H](Nc1cccc(Br)c1)C(=O)NCc1ccc2c(c1)OCO2. The Morgan fingerprint density at radius 3 is 2.87 bits per heavy atom. The fourth-order valence-electron chi connectivity index (χ4n) is 2.29. The van der Waals surface area contributed by atoms with Gasteiger partial charge in [0.1, 0.15) is 6.04 Å². The van der Waals surface area contributed by atoms with E-state index in [4.69, 9.17) is 9.47 Å². The average molecular weight is 377 g/mol. The molecule has 1 aliphatic rings. The molecule has 0 unspecified atom stereocenters. The van der Waals surface area contributed by atoms with Crippen molar-refractivity contribution in [3.05, 3.63) is 52.5 Å². The van der Waals surface area contributed by atoms with Gasteiger partial charge in [-0.3, -0.25) is 4.79 Å². The summed E-state index contributed by atoms with van der Waals surface area (Å²) in [5.74, 6) is 1.39. The maximum absolute atomic E-state index is 12.2. The average Bonchev–Trinajstić information content (AvgIpc) is 3.00. The van der Waals surface area contributed by atoms with Crippen LogP contribution in [0.1, 0.15) is 12.5 Å². The van der Waals surface area contributed by atoms with Crippen molar-refractivity contribution >= 4 is 27.5 Å². The highest BCUT2D eigenvalue weighted by Crippen LogP contribution is 2.32. The Morgan fingerprint density at radius 2 is 2.04 bits per heavy atom. The highest BCUT2D eigenvalue weighted by Gasteiger charge is 2.15. The van der Waals surface area contributed by atoms with Crippen LogP contribution in [-0.4, -0.2) is 18.7 Å². The molecule has 2 aromatic rings. The van der Waals surface area contributed by atoms with E-state index in [0.717, 1.165) is 27.2 Å². The number of carbonyl (C=O) groups excluding carboxylic acids is 1. The van der Waals surface area contributed by atoms with Gasteiger partial charge in [0.05, 0.1) is 0 Å². The normalized spacial score (nSPS) is 13.5. The third-order valence-electron chi connectivity index (χ3n) is 3.50. The molecule has 0 saturated carbocycles. The molecule has 0 bridgehead atoms. The molecule has 23 heavy (non-hydrogen) atoms. The topological polar surface area (TPSA) is 59.6 Å². The summed E-state index contributed by atoms with van der Waals surface area (Å²) >= 11 is 3.41. The first kappa shape index (κ1) is 15.7. The van der Waals surface area contributed by atoms with Crippen molar-refractivity contribution in [1.82, 2.24) is 5.32 Å². The van der Waals surface area contributed by atoms with Crippen LogP contribution in [0, 0.1) is 0 Å². The second-order valence-electron chi connectivity index (χ2n) is 5.28. The van der Waals surface area contributed by atoms with Gasteiger partial charge in [-0.1, -0.05) is 28.1 Å². The smallest absolute Gasteiger partial charge is 0.242 e. The fraction of sp³-hybridized carbons (Fsp3) is 0.235. The number of hydrogen-bond acceptors (Lipinski definition) is 4. The molecule has 2 N–H and O–H groups in total. The van der Waals surface area contributed by atoms with Crippen LogP contribution in [-0.2, 0) is 11.3 Å². The first-order chi connectivity index (χ1) is 11.1. The Bertz CT molecular complexity index is 721. The molecule has 1 atom stereocenters. The van der Waals surface area contributed by atoms with Gasteiger partial charge < -0.3 is 20.1 Å². The van der Waals surface area contributed by atoms with Gasteiger partial charge in [-0.25, -0.2) is 0 Å². The Kier molecular flexibility index (Phi) is 4.71. The molecule has 3 rings (SSSR count). The molecule has 1 amide bonds. The van der Waals surface area contributed by atoms with Crippen LogP contribution in [0.5, 0.6) is 11.5 Å². The summed E-state index contributed by atoms with van der Waals surface area (Å²) in [4.78, 5) is 12.2. The molecule has 1 aliphatic heterocycles. The van der Waals surface area contributed by atoms with Gasteiger partial charge in [-0.15, -0.1) is 0 Å². The van der Waals surface area contributed by atoms with E-state index in [1.165, 1.54) is 0 Å². The standard InChI is InChI=1S/C17H17BrN2O3/c1-11(20-14-4-2-3-13(18)8-14)17(21)19-9-12-5-6-15-16(7-12)23-10-22-15/h2-8,11,20H,9-10H2,1H3,(H,19,21)/t11-/m0/s1. The number of fused-ring (bicyclic) bond motifs is 1. The maximum atomic E-state index is 12.2. The fourth-order valence-corrected chi connectivity index (χ4v) is 2.69. The Morgan fingerprint density at radius 1 is 1.22 bits per heavy atom. The van der Waals surface area contributed by atoms with E-state index in [0.29, 0.717) is 6.54 Å². The number of ether oxygens (including phenoxy) is 2. The molecule has 6 heteroatoms. The lowest BCUT2D eigenvalue weighted by Gasteiger charge is -2.15. The summed E-state index contributed by atoms with van der Waals surface area (Å²) in [6.45, 7) is 2.52. The predicted molar refractivity (Wildman–Crippen MR) is 91.6 cm³/mol. The first-order valence-corrected chi connectivity index (χ1v) is 8.09. The van der Waals surface area contributed by atoms with Gasteiger partial charge in [0, 0.05) is 16.7 Å². The summed E-state index contributed by atoms with van der Waals surface area (Å²) in [5, 5.41) is 6.09. The number of nitrogens with one attached hydrogen (secondary N) is 2. The lowest BCUT2D eigenvalue weighted by Crippen LogP contribution is -2.37. The third kappa shape index (κ3) is 3.96. The number of carbonyl (C=O) groups is 1. The lowest BCUT2D eigenvalue weighted by molar-refractivity contribution is -0.121. The first-order valence-electron chi connectivity index (χ1n) is 7.30. The monoisotopic (exact) mass is 376 g/mol. The van der Waals surface area contributed by atoms with E-state index >= 15 is 0 Å². The second kappa shape index (κ2) is 6.91. The molecule has 0 saturated heterocycles. The molecule has 0 aliphatic carbocycles. The number of rotatable bonds is 5. The van der Waals surface area contributed by atoms with Crippen molar-refractivity contribution in [3.8, 4) is 11.5 Å². The van der Waals surface area contributed by atoms with Crippen LogP contribution in [0.25, 0.3) is 0 Å². The van der Waals surface area contributed by atoms with Crippen molar-refractivity contribution in [2.75, 3.05) is 12.1 Å². The molecule has 0 spiro atoms. The van der Waals surface area contributed by atoms with Gasteiger partial charge in [0.2, 0.25) is 12.7 Å². The van der Waals surface area contributed by atoms with E-state index in [-0.39, 0.29) is 18.7 Å². The van der Waals surface area contributed by atoms with Crippen molar-refractivity contribution in [1.29, 1.82) is 0 Å². The van der Waals surface area contributed by atoms with E-state index < -0.39 is 0 Å². The van der Waals surface area contributed by atoms with Crippen LogP contribution in [0.2, 0.25) is 0 Å². The highest BCUT2D eigenvalue weighted by atomic mass is 79.9. The van der Waals surface area contributed by atoms with Crippen LogP contribution in [0.15, 0.2) is 46.9 Å². The molecule has 1 heterocycles. The summed E-state index contributed by atoms with van der Waals surface area (Å²) in [5.41, 5.74) is 1.86. The number of benzene rings is 2. The number of halogens is 1. The van der Waals surface area contributed by atoms with Gasteiger partial charge in [-0.2, -0.15) is 0 Å². The van der Waals surface area contributed by atoms with E-state index in [9.17, 15) is 4.79 Å². The zero-order valence-corrected chi connectivity index (χ0v) is 14.2. The largest absolute Gasteiger partial charge is 0.454 e. The predicted octanol–water partition coefficient (Wildman–Crippen LogP) is 3.29. The highest BCUT2D eigenvalue weighted by molar-refractivity contribution is 9.10. The zero-order chi connectivity index (χ0) is 16.2. The van der Waals surface area contributed by atoms with E-state index in [2.05, 4.69) is 26.6 Å². The molecule has 5 nitrogen and oxygen atoms in total. The summed E-state index contributed by atoms with van der Waals surface area (Å²) in [6, 6.07) is 13.0. The summed E-state index contributed by atoms with van der Waals surface area (Å²) in [6.07, 6.45) is 0. The molecular weight excluding hydrogens is 360 g/mol.